The molecule has 1 aromatic heterocycles. The van der Waals surface area contributed by atoms with E-state index in [0.717, 1.165) is 20.7 Å². The number of hydrogen-bond acceptors (Lipinski definition) is 5. The molecule has 0 aliphatic carbocycles. The Morgan fingerprint density at radius 3 is 1.96 bits per heavy atom. The van der Waals surface area contributed by atoms with Crippen LogP contribution in [0.1, 0.15) is 6.42 Å². The lowest BCUT2D eigenvalue weighted by atomic mass is 10.3. The normalized spacial score (nSPS) is 17.7. The van der Waals surface area contributed by atoms with E-state index in [9.17, 15) is 25.6 Å². The van der Waals surface area contributed by atoms with Crippen LogP contribution in [-0.4, -0.2) is 61.2 Å². The lowest BCUT2D eigenvalue weighted by Crippen LogP contribution is -2.37. The van der Waals surface area contributed by atoms with E-state index in [1.54, 1.807) is 7.05 Å². The molecule has 2 aromatic rings. The van der Waals surface area contributed by atoms with Gasteiger partial charge in [0.05, 0.1) is 11.2 Å². The number of aromatic nitrogens is 2. The molecule has 0 unspecified atom stereocenters. The Labute approximate surface area is 156 Å². The monoisotopic (exact) mass is 420 g/mol. The summed E-state index contributed by atoms with van der Waals surface area (Å²) < 4.78 is 81.2. The van der Waals surface area contributed by atoms with Gasteiger partial charge in [0.25, 0.3) is 10.0 Å². The molecule has 3 rings (SSSR count). The van der Waals surface area contributed by atoms with Gasteiger partial charge in [0.15, 0.2) is 5.03 Å². The third kappa shape index (κ3) is 4.03. The number of sulfonamides is 2. The second kappa shape index (κ2) is 7.26. The van der Waals surface area contributed by atoms with E-state index in [-0.39, 0.29) is 37.6 Å². The molecule has 27 heavy (non-hydrogen) atoms. The second-order valence-electron chi connectivity index (χ2n) is 6.14. The van der Waals surface area contributed by atoms with Crippen molar-refractivity contribution >= 4 is 20.0 Å². The average Bonchev–Trinajstić information content (AvgIpc) is 2.87. The Morgan fingerprint density at radius 2 is 1.44 bits per heavy atom. The molecule has 1 aliphatic rings. The van der Waals surface area contributed by atoms with Gasteiger partial charge in [-0.1, -0.05) is 0 Å². The van der Waals surface area contributed by atoms with E-state index in [2.05, 4.69) is 4.98 Å². The molecule has 1 saturated heterocycles. The average molecular weight is 420 g/mol. The van der Waals surface area contributed by atoms with E-state index in [1.165, 1.54) is 17.1 Å². The molecule has 0 bridgehead atoms. The fraction of sp³-hybridized carbons (Fsp3) is 0.400. The molecule has 1 aromatic carbocycles. The minimum Gasteiger partial charge on any atom is -0.339 e. The van der Waals surface area contributed by atoms with Crippen molar-refractivity contribution in [3.8, 4) is 0 Å². The van der Waals surface area contributed by atoms with E-state index >= 15 is 0 Å². The molecule has 0 amide bonds. The number of rotatable bonds is 4. The maximum atomic E-state index is 13.4. The maximum absolute atomic E-state index is 13.4. The summed E-state index contributed by atoms with van der Waals surface area (Å²) in [5.74, 6) is -1.99. The molecule has 0 atom stereocenters. The quantitative estimate of drug-likeness (QED) is 0.729. The van der Waals surface area contributed by atoms with E-state index in [4.69, 9.17) is 0 Å². The molecule has 148 valence electrons. The Kier molecular flexibility index (Phi) is 5.34. The van der Waals surface area contributed by atoms with Crippen LogP contribution in [0.5, 0.6) is 0 Å². The van der Waals surface area contributed by atoms with Crippen molar-refractivity contribution in [2.45, 2.75) is 16.3 Å². The fourth-order valence-corrected chi connectivity index (χ4v) is 5.78. The van der Waals surface area contributed by atoms with Crippen molar-refractivity contribution in [3.63, 3.8) is 0 Å². The molecular formula is C15H18F2N4O4S2. The lowest BCUT2D eigenvalue weighted by molar-refractivity contribution is 0.403. The highest BCUT2D eigenvalue weighted by molar-refractivity contribution is 7.89. The van der Waals surface area contributed by atoms with Gasteiger partial charge >= 0.3 is 0 Å². The Balaban J connectivity index is 1.82. The number of nitrogens with zero attached hydrogens (tertiary/aromatic N) is 4. The van der Waals surface area contributed by atoms with Gasteiger partial charge in [-0.3, -0.25) is 0 Å². The van der Waals surface area contributed by atoms with Crippen LogP contribution in [0.3, 0.4) is 0 Å². The van der Waals surface area contributed by atoms with Crippen molar-refractivity contribution in [1.82, 2.24) is 18.2 Å². The molecule has 1 fully saturated rings. The summed E-state index contributed by atoms with van der Waals surface area (Å²) in [7, 11) is -6.36. The van der Waals surface area contributed by atoms with Crippen molar-refractivity contribution in [2.24, 2.45) is 7.05 Å². The van der Waals surface area contributed by atoms with Crippen LogP contribution >= 0.6 is 0 Å². The molecule has 12 heteroatoms. The van der Waals surface area contributed by atoms with Gasteiger partial charge in [0.1, 0.15) is 11.6 Å². The van der Waals surface area contributed by atoms with Crippen molar-refractivity contribution < 1.29 is 25.6 Å². The smallest absolute Gasteiger partial charge is 0.262 e. The van der Waals surface area contributed by atoms with Gasteiger partial charge in [-0.15, -0.1) is 0 Å². The standard InChI is InChI=1S/C15H18F2N4O4S2/c1-19-10-15(18-11-19)27(24,25)21-4-2-3-20(5-6-21)26(22,23)14-8-12(16)7-13(17)9-14/h7-11H,2-6H2,1H3. The number of benzene rings is 1. The van der Waals surface area contributed by atoms with Crippen molar-refractivity contribution in [2.75, 3.05) is 26.2 Å². The molecule has 2 heterocycles. The lowest BCUT2D eigenvalue weighted by Gasteiger charge is -2.21. The van der Waals surface area contributed by atoms with Crippen LogP contribution < -0.4 is 0 Å². The zero-order chi connectivity index (χ0) is 19.8. The van der Waals surface area contributed by atoms with Gasteiger partial charge in [-0.05, 0) is 18.6 Å². The molecule has 8 nitrogen and oxygen atoms in total. The SMILES string of the molecule is Cn1cnc(S(=O)(=O)N2CCCN(S(=O)(=O)c3cc(F)cc(F)c3)CC2)c1. The highest BCUT2D eigenvalue weighted by Gasteiger charge is 2.33. The van der Waals surface area contributed by atoms with Crippen molar-refractivity contribution in [3.05, 3.63) is 42.4 Å². The molecule has 1 aliphatic heterocycles. The highest BCUT2D eigenvalue weighted by atomic mass is 32.2. The van der Waals surface area contributed by atoms with E-state index in [0.29, 0.717) is 6.07 Å². The van der Waals surface area contributed by atoms with Gasteiger partial charge in [0, 0.05) is 45.5 Å². The van der Waals surface area contributed by atoms with Crippen molar-refractivity contribution in [1.29, 1.82) is 0 Å². The molecule has 0 spiro atoms. The van der Waals surface area contributed by atoms with E-state index in [1.807, 2.05) is 0 Å². The van der Waals surface area contributed by atoms with Crippen LogP contribution in [-0.2, 0) is 27.1 Å². The Hall–Kier alpha value is -1.89. The van der Waals surface area contributed by atoms with Crippen LogP contribution in [0, 0.1) is 11.6 Å². The van der Waals surface area contributed by atoms with Crippen LogP contribution in [0.25, 0.3) is 0 Å². The third-order valence-electron chi connectivity index (χ3n) is 4.17. The maximum Gasteiger partial charge on any atom is 0.262 e. The van der Waals surface area contributed by atoms with Gasteiger partial charge in [0.2, 0.25) is 10.0 Å². The minimum absolute atomic E-state index is 0.0364. The number of hydrogen-bond donors (Lipinski definition) is 0. The molecule has 0 radical (unpaired) electrons. The van der Waals surface area contributed by atoms with Crippen LogP contribution in [0.4, 0.5) is 8.78 Å². The zero-order valence-corrected chi connectivity index (χ0v) is 16.0. The first kappa shape index (κ1) is 19.9. The first-order chi connectivity index (χ1) is 12.6. The second-order valence-corrected chi connectivity index (χ2v) is 9.97. The fourth-order valence-electron chi connectivity index (χ4n) is 2.83. The summed E-state index contributed by atoms with van der Waals surface area (Å²) in [6.45, 7) is -0.0698. The molecule has 0 N–H and O–H groups in total. The first-order valence-corrected chi connectivity index (χ1v) is 10.9. The first-order valence-electron chi connectivity index (χ1n) is 8.05. The van der Waals surface area contributed by atoms with Gasteiger partial charge in [-0.2, -0.15) is 8.61 Å². The van der Waals surface area contributed by atoms with E-state index < -0.39 is 36.6 Å². The molecule has 0 saturated carbocycles. The largest absolute Gasteiger partial charge is 0.339 e. The Bertz CT molecular complexity index is 1030. The summed E-state index contributed by atoms with van der Waals surface area (Å²) in [6, 6.07) is 2.07. The summed E-state index contributed by atoms with van der Waals surface area (Å²) in [6.07, 6.45) is 2.97. The number of imidazole rings is 1. The van der Waals surface area contributed by atoms with Crippen LogP contribution in [0.2, 0.25) is 0 Å². The predicted molar refractivity (Wildman–Crippen MR) is 91.7 cm³/mol. The Morgan fingerprint density at radius 1 is 0.889 bits per heavy atom. The van der Waals surface area contributed by atoms with Gasteiger partial charge in [-0.25, -0.2) is 30.6 Å². The summed E-state index contributed by atoms with van der Waals surface area (Å²) in [4.78, 5) is 3.35. The van der Waals surface area contributed by atoms with Crippen LogP contribution in [0.15, 0.2) is 40.6 Å². The minimum atomic E-state index is -4.15. The highest BCUT2D eigenvalue weighted by Crippen LogP contribution is 2.22. The summed E-state index contributed by atoms with van der Waals surface area (Å²) >= 11 is 0. The zero-order valence-electron chi connectivity index (χ0n) is 14.4. The number of aryl methyl sites for hydroxylation is 1. The summed E-state index contributed by atoms with van der Waals surface area (Å²) in [5, 5.41) is -0.117. The topological polar surface area (TPSA) is 92.6 Å². The third-order valence-corrected chi connectivity index (χ3v) is 7.83. The summed E-state index contributed by atoms with van der Waals surface area (Å²) in [5.41, 5.74) is 0. The molecular weight excluding hydrogens is 402 g/mol. The van der Waals surface area contributed by atoms with Gasteiger partial charge < -0.3 is 4.57 Å². The predicted octanol–water partition coefficient (Wildman–Crippen LogP) is 0.784. The number of halogens is 2.